The number of aryl methyl sites for hydroxylation is 1. The van der Waals surface area contributed by atoms with Crippen molar-refractivity contribution in [3.63, 3.8) is 0 Å². The molecule has 0 atom stereocenters. The number of rotatable bonds is 1. The van der Waals surface area contributed by atoms with Crippen LogP contribution in [0.1, 0.15) is 5.56 Å². The molecule has 0 unspecified atom stereocenters. The molecule has 1 nitrogen and oxygen atoms in total. The maximum Gasteiger partial charge on any atom is 0.0497 e. The van der Waals surface area contributed by atoms with E-state index in [9.17, 15) is 0 Å². The molecule has 3 rings (SSSR count). The molecular formula is C16H15N. The van der Waals surface area contributed by atoms with Crippen molar-refractivity contribution in [1.82, 2.24) is 0 Å². The van der Waals surface area contributed by atoms with Crippen molar-refractivity contribution in [3.05, 3.63) is 54.1 Å². The van der Waals surface area contributed by atoms with E-state index in [4.69, 9.17) is 0 Å². The van der Waals surface area contributed by atoms with Gasteiger partial charge in [-0.25, -0.2) is 0 Å². The summed E-state index contributed by atoms with van der Waals surface area (Å²) in [4.78, 5) is 0. The Morgan fingerprint density at radius 2 is 1.12 bits per heavy atom. The second-order valence-corrected chi connectivity index (χ2v) is 4.34. The summed E-state index contributed by atoms with van der Waals surface area (Å²) in [6.45, 7) is 2.20. The van der Waals surface area contributed by atoms with Crippen LogP contribution >= 0.6 is 0 Å². The highest BCUT2D eigenvalue weighted by Gasteiger charge is 2.08. The highest BCUT2D eigenvalue weighted by atomic mass is 14.8. The van der Waals surface area contributed by atoms with Crippen LogP contribution in [0.4, 0.5) is 5.69 Å². The van der Waals surface area contributed by atoms with Crippen molar-refractivity contribution in [3.8, 4) is 0 Å². The lowest BCUT2D eigenvalue weighted by Gasteiger charge is -2.13. The minimum atomic E-state index is 1.22. The topological polar surface area (TPSA) is 12.0 Å². The lowest BCUT2D eigenvalue weighted by Crippen LogP contribution is -1.93. The van der Waals surface area contributed by atoms with Crippen molar-refractivity contribution in [2.24, 2.45) is 0 Å². The van der Waals surface area contributed by atoms with Crippen molar-refractivity contribution >= 4 is 27.2 Å². The normalized spacial score (nSPS) is 10.9. The molecule has 17 heavy (non-hydrogen) atoms. The fourth-order valence-electron chi connectivity index (χ4n) is 2.62. The van der Waals surface area contributed by atoms with E-state index in [-0.39, 0.29) is 0 Å². The summed E-state index contributed by atoms with van der Waals surface area (Å²) in [5.41, 5.74) is 2.58. The molecule has 1 heteroatoms. The monoisotopic (exact) mass is 221 g/mol. The Labute approximate surface area is 101 Å². The smallest absolute Gasteiger partial charge is 0.0497 e. The maximum atomic E-state index is 3.34. The van der Waals surface area contributed by atoms with Gasteiger partial charge in [0.05, 0.1) is 0 Å². The highest BCUT2D eigenvalue weighted by molar-refractivity contribution is 6.13. The van der Waals surface area contributed by atoms with Crippen LogP contribution in [0.5, 0.6) is 0 Å². The van der Waals surface area contributed by atoms with Gasteiger partial charge in [-0.1, -0.05) is 48.5 Å². The van der Waals surface area contributed by atoms with E-state index in [0.717, 1.165) is 0 Å². The van der Waals surface area contributed by atoms with Crippen molar-refractivity contribution in [2.45, 2.75) is 6.92 Å². The van der Waals surface area contributed by atoms with Gasteiger partial charge in [-0.15, -0.1) is 0 Å². The molecule has 0 spiro atoms. The Morgan fingerprint density at radius 3 is 1.53 bits per heavy atom. The summed E-state index contributed by atoms with van der Waals surface area (Å²) in [5.74, 6) is 0. The number of nitrogens with one attached hydrogen (secondary N) is 1. The fraction of sp³-hybridized carbons (Fsp3) is 0.125. The molecule has 0 fully saturated rings. The lowest BCUT2D eigenvalue weighted by molar-refractivity contribution is 1.53. The molecule has 84 valence electrons. The van der Waals surface area contributed by atoms with Gasteiger partial charge in [-0.2, -0.15) is 0 Å². The SMILES string of the molecule is CNc1c2ccccc2c(C)c2ccccc12. The largest absolute Gasteiger partial charge is 0.387 e. The van der Waals surface area contributed by atoms with Gasteiger partial charge in [0.15, 0.2) is 0 Å². The lowest BCUT2D eigenvalue weighted by atomic mass is 9.96. The molecule has 3 aromatic rings. The number of hydrogen-bond acceptors (Lipinski definition) is 1. The number of anilines is 1. The predicted octanol–water partition coefficient (Wildman–Crippen LogP) is 4.34. The fourth-order valence-corrected chi connectivity index (χ4v) is 2.62. The Balaban J connectivity index is 2.63. The quantitative estimate of drug-likeness (QED) is 0.603. The number of hydrogen-bond donors (Lipinski definition) is 1. The highest BCUT2D eigenvalue weighted by Crippen LogP contribution is 2.35. The van der Waals surface area contributed by atoms with Crippen LogP contribution in [0.3, 0.4) is 0 Å². The Hall–Kier alpha value is -2.02. The summed E-state index contributed by atoms with van der Waals surface area (Å²) >= 11 is 0. The zero-order valence-electron chi connectivity index (χ0n) is 10.1. The van der Waals surface area contributed by atoms with Gasteiger partial charge in [0.25, 0.3) is 0 Å². The molecule has 0 aliphatic rings. The summed E-state index contributed by atoms with van der Waals surface area (Å²) in [6, 6.07) is 17.1. The third-order valence-electron chi connectivity index (χ3n) is 3.45. The van der Waals surface area contributed by atoms with Crippen LogP contribution in [-0.4, -0.2) is 7.05 Å². The van der Waals surface area contributed by atoms with Crippen molar-refractivity contribution in [2.75, 3.05) is 12.4 Å². The van der Waals surface area contributed by atoms with Gasteiger partial charge in [-0.05, 0) is 23.3 Å². The first-order valence-electron chi connectivity index (χ1n) is 5.90. The van der Waals surface area contributed by atoms with Crippen LogP contribution in [-0.2, 0) is 0 Å². The van der Waals surface area contributed by atoms with Crippen LogP contribution in [0.15, 0.2) is 48.5 Å². The van der Waals surface area contributed by atoms with E-state index in [1.807, 2.05) is 7.05 Å². The molecular weight excluding hydrogens is 206 g/mol. The molecule has 3 aromatic carbocycles. The molecule has 0 heterocycles. The second-order valence-electron chi connectivity index (χ2n) is 4.34. The molecule has 0 aliphatic carbocycles. The van der Waals surface area contributed by atoms with Gasteiger partial charge in [0.1, 0.15) is 0 Å². The first-order chi connectivity index (χ1) is 8.33. The Morgan fingerprint density at radius 1 is 0.706 bits per heavy atom. The summed E-state index contributed by atoms with van der Waals surface area (Å²) in [5, 5.41) is 8.59. The van der Waals surface area contributed by atoms with E-state index in [2.05, 4.69) is 60.8 Å². The van der Waals surface area contributed by atoms with Gasteiger partial charge >= 0.3 is 0 Å². The van der Waals surface area contributed by atoms with Gasteiger partial charge in [0, 0.05) is 23.5 Å². The van der Waals surface area contributed by atoms with E-state index < -0.39 is 0 Å². The number of fused-ring (bicyclic) bond motifs is 2. The van der Waals surface area contributed by atoms with E-state index >= 15 is 0 Å². The standard InChI is InChI=1S/C16H15N/c1-11-12-7-3-5-9-14(12)16(17-2)15-10-6-4-8-13(11)15/h3-10,17H,1-2H3. The average molecular weight is 221 g/mol. The van der Waals surface area contributed by atoms with E-state index in [0.29, 0.717) is 0 Å². The molecule has 0 bridgehead atoms. The molecule has 0 saturated heterocycles. The van der Waals surface area contributed by atoms with E-state index in [1.54, 1.807) is 0 Å². The van der Waals surface area contributed by atoms with Crippen LogP contribution < -0.4 is 5.32 Å². The molecule has 1 N–H and O–H groups in total. The van der Waals surface area contributed by atoms with Gasteiger partial charge in [0.2, 0.25) is 0 Å². The van der Waals surface area contributed by atoms with E-state index in [1.165, 1.54) is 32.8 Å². The van der Waals surface area contributed by atoms with Gasteiger partial charge in [-0.3, -0.25) is 0 Å². The zero-order chi connectivity index (χ0) is 11.8. The van der Waals surface area contributed by atoms with Crippen LogP contribution in [0.2, 0.25) is 0 Å². The molecule has 0 saturated carbocycles. The summed E-state index contributed by atoms with van der Waals surface area (Å²) < 4.78 is 0. The minimum absolute atomic E-state index is 1.22. The molecule has 0 aromatic heterocycles. The maximum absolute atomic E-state index is 3.34. The first kappa shape index (κ1) is 10.2. The summed E-state index contributed by atoms with van der Waals surface area (Å²) in [7, 11) is 1.99. The Bertz CT molecular complexity index is 641. The number of benzene rings is 3. The van der Waals surface area contributed by atoms with Crippen LogP contribution in [0, 0.1) is 6.92 Å². The van der Waals surface area contributed by atoms with Gasteiger partial charge < -0.3 is 5.32 Å². The van der Waals surface area contributed by atoms with Crippen LogP contribution in [0.25, 0.3) is 21.5 Å². The third kappa shape index (κ3) is 1.39. The molecule has 0 radical (unpaired) electrons. The van der Waals surface area contributed by atoms with Crippen molar-refractivity contribution in [1.29, 1.82) is 0 Å². The minimum Gasteiger partial charge on any atom is -0.387 e. The third-order valence-corrected chi connectivity index (χ3v) is 3.45. The van der Waals surface area contributed by atoms with Crippen molar-refractivity contribution < 1.29 is 0 Å². The molecule has 0 aliphatic heterocycles. The molecule has 0 amide bonds. The predicted molar refractivity (Wildman–Crippen MR) is 75.7 cm³/mol. The summed E-state index contributed by atoms with van der Waals surface area (Å²) in [6.07, 6.45) is 0. The Kier molecular flexibility index (Phi) is 2.25. The average Bonchev–Trinajstić information content (AvgIpc) is 2.40. The second kappa shape index (κ2) is 3.77. The zero-order valence-corrected chi connectivity index (χ0v) is 10.1. The first-order valence-corrected chi connectivity index (χ1v) is 5.90.